The first-order valence-corrected chi connectivity index (χ1v) is 9.51. The van der Waals surface area contributed by atoms with Crippen LogP contribution in [0.1, 0.15) is 20.1 Å². The third kappa shape index (κ3) is 3.63. The molecule has 0 atom stereocenters. The molecule has 2 aromatic heterocycles. The summed E-state index contributed by atoms with van der Waals surface area (Å²) in [6.45, 7) is 2.02. The molecule has 2 heterocycles. The van der Waals surface area contributed by atoms with Gasteiger partial charge in [-0.1, -0.05) is 30.3 Å². The number of phenols is 1. The summed E-state index contributed by atoms with van der Waals surface area (Å²) in [5, 5.41) is 15.0. The number of pyridine rings is 1. The van der Waals surface area contributed by atoms with Gasteiger partial charge in [-0.25, -0.2) is 10.4 Å². The maximum Gasteiger partial charge on any atom is 0.272 e. The van der Waals surface area contributed by atoms with E-state index in [0.29, 0.717) is 22.3 Å². The highest BCUT2D eigenvalue weighted by Crippen LogP contribution is 2.30. The van der Waals surface area contributed by atoms with Gasteiger partial charge in [0.15, 0.2) is 0 Å². The van der Waals surface area contributed by atoms with E-state index in [1.165, 1.54) is 4.88 Å². The number of aryl methyl sites for hydroxylation is 1. The average Bonchev–Trinajstić information content (AvgIpc) is 3.12. The van der Waals surface area contributed by atoms with Crippen molar-refractivity contribution in [1.29, 1.82) is 0 Å². The lowest BCUT2D eigenvalue weighted by Gasteiger charge is -2.10. The van der Waals surface area contributed by atoms with Crippen LogP contribution in [0.4, 0.5) is 0 Å². The van der Waals surface area contributed by atoms with Crippen LogP contribution in [0.15, 0.2) is 71.8 Å². The van der Waals surface area contributed by atoms with Crippen molar-refractivity contribution in [3.05, 3.63) is 82.0 Å². The minimum Gasteiger partial charge on any atom is -0.507 e. The van der Waals surface area contributed by atoms with Crippen molar-refractivity contribution < 1.29 is 9.90 Å². The maximum absolute atomic E-state index is 12.8. The summed E-state index contributed by atoms with van der Waals surface area (Å²) >= 11 is 1.60. The highest BCUT2D eigenvalue weighted by molar-refractivity contribution is 7.13. The summed E-state index contributed by atoms with van der Waals surface area (Å²) in [5.74, 6) is -0.220. The average molecular weight is 387 g/mol. The molecule has 0 spiro atoms. The largest absolute Gasteiger partial charge is 0.507 e. The number of carbonyl (C=O) groups excluding carboxylic acids is 1. The van der Waals surface area contributed by atoms with Gasteiger partial charge in [0.1, 0.15) is 5.75 Å². The molecule has 2 N–H and O–H groups in total. The molecule has 5 nitrogen and oxygen atoms in total. The molecule has 0 aliphatic rings. The maximum atomic E-state index is 12.8. The molecule has 0 aliphatic heterocycles. The number of rotatable bonds is 4. The Morgan fingerprint density at radius 3 is 2.68 bits per heavy atom. The van der Waals surface area contributed by atoms with Crippen LogP contribution >= 0.6 is 11.3 Å². The number of aromatic hydroxyl groups is 1. The van der Waals surface area contributed by atoms with Gasteiger partial charge in [0, 0.05) is 20.7 Å². The molecular weight excluding hydrogens is 370 g/mol. The second-order valence-electron chi connectivity index (χ2n) is 6.24. The number of hydrogen-bond donors (Lipinski definition) is 2. The Morgan fingerprint density at radius 2 is 1.89 bits per heavy atom. The van der Waals surface area contributed by atoms with Crippen LogP contribution in [0.25, 0.3) is 22.2 Å². The van der Waals surface area contributed by atoms with Gasteiger partial charge in [0.2, 0.25) is 0 Å². The molecule has 28 heavy (non-hydrogen) atoms. The van der Waals surface area contributed by atoms with Crippen LogP contribution in [0.5, 0.6) is 5.75 Å². The number of amides is 1. The van der Waals surface area contributed by atoms with E-state index in [2.05, 4.69) is 15.5 Å². The lowest BCUT2D eigenvalue weighted by Crippen LogP contribution is -2.18. The summed E-state index contributed by atoms with van der Waals surface area (Å²) in [5.41, 5.74) is 4.81. The Hall–Kier alpha value is -3.51. The molecule has 0 saturated carbocycles. The Labute approximate surface area is 166 Å². The number of nitrogens with one attached hydrogen (secondary N) is 1. The number of hydrogen-bond acceptors (Lipinski definition) is 5. The summed E-state index contributed by atoms with van der Waals surface area (Å²) in [4.78, 5) is 19.6. The van der Waals surface area contributed by atoms with Crippen LogP contribution < -0.4 is 5.43 Å². The van der Waals surface area contributed by atoms with E-state index in [-0.39, 0.29) is 11.7 Å². The fraction of sp³-hybridized carbons (Fsp3) is 0.0455. The number of fused-ring (bicyclic) bond motifs is 1. The van der Waals surface area contributed by atoms with Crippen LogP contribution in [-0.2, 0) is 0 Å². The summed E-state index contributed by atoms with van der Waals surface area (Å²) < 4.78 is 0. The summed E-state index contributed by atoms with van der Waals surface area (Å²) in [7, 11) is 0. The van der Waals surface area contributed by atoms with Crippen molar-refractivity contribution in [1.82, 2.24) is 10.4 Å². The number of para-hydroxylation sites is 2. The van der Waals surface area contributed by atoms with Gasteiger partial charge in [-0.3, -0.25) is 4.79 Å². The number of aromatic nitrogens is 1. The number of carbonyl (C=O) groups is 1. The third-order valence-electron chi connectivity index (χ3n) is 4.26. The van der Waals surface area contributed by atoms with E-state index in [1.54, 1.807) is 41.8 Å². The van der Waals surface area contributed by atoms with E-state index in [1.807, 2.05) is 49.4 Å². The van der Waals surface area contributed by atoms with Gasteiger partial charge in [-0.15, -0.1) is 11.3 Å². The molecule has 0 unspecified atom stereocenters. The first-order chi connectivity index (χ1) is 13.6. The fourth-order valence-electron chi connectivity index (χ4n) is 2.93. The smallest absolute Gasteiger partial charge is 0.272 e. The topological polar surface area (TPSA) is 74.6 Å². The molecule has 0 aliphatic carbocycles. The molecular formula is C22H17N3O2S. The zero-order valence-electron chi connectivity index (χ0n) is 15.1. The van der Waals surface area contributed by atoms with E-state index in [9.17, 15) is 9.90 Å². The Bertz CT molecular complexity index is 1200. The lowest BCUT2D eigenvalue weighted by molar-refractivity contribution is 0.0956. The predicted octanol–water partition coefficient (Wildman–Crippen LogP) is 4.74. The zero-order chi connectivity index (χ0) is 19.5. The van der Waals surface area contributed by atoms with Gasteiger partial charge < -0.3 is 5.11 Å². The van der Waals surface area contributed by atoms with Gasteiger partial charge in [0.25, 0.3) is 5.91 Å². The van der Waals surface area contributed by atoms with Gasteiger partial charge in [-0.05, 0) is 43.3 Å². The standard InChI is InChI=1S/C22H17N3O2S/c1-14-10-11-15(28-14)13-23-25-22(27)18-12-20(17-7-3-5-9-21(17)26)24-19-8-4-2-6-16(18)19/h2-13,26H,1H3,(H,25,27). The van der Waals surface area contributed by atoms with Crippen molar-refractivity contribution >= 4 is 34.4 Å². The molecule has 138 valence electrons. The van der Waals surface area contributed by atoms with Crippen molar-refractivity contribution in [2.75, 3.05) is 0 Å². The molecule has 6 heteroatoms. The minimum absolute atomic E-state index is 0.114. The number of thiophene rings is 1. The molecule has 4 aromatic rings. The highest BCUT2D eigenvalue weighted by Gasteiger charge is 2.15. The van der Waals surface area contributed by atoms with Gasteiger partial charge in [0.05, 0.1) is 23.0 Å². The van der Waals surface area contributed by atoms with Crippen molar-refractivity contribution in [2.24, 2.45) is 5.10 Å². The molecule has 4 rings (SSSR count). The number of phenolic OH excluding ortho intramolecular Hbond substituents is 1. The Kier molecular flexibility index (Phi) is 4.87. The molecule has 0 radical (unpaired) electrons. The van der Waals surface area contributed by atoms with E-state index >= 15 is 0 Å². The number of hydrazone groups is 1. The summed E-state index contributed by atoms with van der Waals surface area (Å²) in [6, 6.07) is 20.0. The van der Waals surface area contributed by atoms with E-state index in [0.717, 1.165) is 10.3 Å². The first kappa shape index (κ1) is 17.9. The minimum atomic E-state index is -0.334. The lowest BCUT2D eigenvalue weighted by atomic mass is 10.0. The van der Waals surface area contributed by atoms with Crippen LogP contribution in [0.2, 0.25) is 0 Å². The monoisotopic (exact) mass is 387 g/mol. The molecule has 0 bridgehead atoms. The van der Waals surface area contributed by atoms with Gasteiger partial charge >= 0.3 is 0 Å². The fourth-order valence-corrected chi connectivity index (χ4v) is 3.68. The van der Waals surface area contributed by atoms with E-state index < -0.39 is 0 Å². The van der Waals surface area contributed by atoms with Crippen LogP contribution in [0.3, 0.4) is 0 Å². The first-order valence-electron chi connectivity index (χ1n) is 8.70. The van der Waals surface area contributed by atoms with Crippen molar-refractivity contribution in [2.45, 2.75) is 6.92 Å². The highest BCUT2D eigenvalue weighted by atomic mass is 32.1. The third-order valence-corrected chi connectivity index (χ3v) is 5.20. The SMILES string of the molecule is Cc1ccc(C=NNC(=O)c2cc(-c3ccccc3O)nc3ccccc23)s1. The second kappa shape index (κ2) is 7.62. The predicted molar refractivity (Wildman–Crippen MR) is 113 cm³/mol. The van der Waals surface area contributed by atoms with Crippen molar-refractivity contribution in [3.63, 3.8) is 0 Å². The molecule has 0 saturated heterocycles. The van der Waals surface area contributed by atoms with E-state index in [4.69, 9.17) is 0 Å². The summed E-state index contributed by atoms with van der Waals surface area (Å²) in [6.07, 6.45) is 1.63. The second-order valence-corrected chi connectivity index (χ2v) is 7.56. The van der Waals surface area contributed by atoms with Crippen molar-refractivity contribution in [3.8, 4) is 17.0 Å². The molecule has 2 aromatic carbocycles. The number of benzene rings is 2. The van der Waals surface area contributed by atoms with Gasteiger partial charge in [-0.2, -0.15) is 5.10 Å². The quantitative estimate of drug-likeness (QED) is 0.392. The Balaban J connectivity index is 1.71. The number of nitrogens with zero attached hydrogens (tertiary/aromatic N) is 2. The zero-order valence-corrected chi connectivity index (χ0v) is 15.9. The van der Waals surface area contributed by atoms with Crippen LogP contribution in [-0.4, -0.2) is 22.2 Å². The Morgan fingerprint density at radius 1 is 1.11 bits per heavy atom. The molecule has 1 amide bonds. The normalized spacial score (nSPS) is 11.2. The van der Waals surface area contributed by atoms with Crippen LogP contribution in [0, 0.1) is 6.92 Å². The molecule has 0 fully saturated rings.